The maximum absolute atomic E-state index is 6.14. The Hall–Kier alpha value is -1.75. The van der Waals surface area contributed by atoms with Crippen LogP contribution in [0.4, 0.5) is 5.95 Å². The molecule has 0 spiro atoms. The molecule has 0 amide bonds. The fraction of sp³-hybridized carbons (Fsp3) is 0.562. The van der Waals surface area contributed by atoms with Gasteiger partial charge in [0.15, 0.2) is 0 Å². The van der Waals surface area contributed by atoms with E-state index in [1.165, 1.54) is 0 Å². The molecule has 1 aromatic heterocycles. The van der Waals surface area contributed by atoms with Crippen LogP contribution in [-0.2, 0) is 6.54 Å². The van der Waals surface area contributed by atoms with Gasteiger partial charge in [-0.05, 0) is 53.9 Å². The van der Waals surface area contributed by atoms with Gasteiger partial charge in [-0.25, -0.2) is 4.98 Å². The molecule has 0 aliphatic heterocycles. The number of nitrogens with two attached hydrogens (primary N) is 1. The second-order valence-corrected chi connectivity index (χ2v) is 6.55. The van der Waals surface area contributed by atoms with Crippen molar-refractivity contribution < 1.29 is 4.74 Å². The highest BCUT2D eigenvalue weighted by Gasteiger charge is 2.24. The number of imidazole rings is 1. The molecule has 1 heterocycles. The second kappa shape index (κ2) is 5.56. The van der Waals surface area contributed by atoms with E-state index in [4.69, 9.17) is 10.5 Å². The maximum Gasteiger partial charge on any atom is 0.201 e. The molecular weight excluding hydrogens is 264 g/mol. The van der Waals surface area contributed by atoms with Gasteiger partial charge in [0.2, 0.25) is 5.95 Å². The van der Waals surface area contributed by atoms with E-state index in [-0.39, 0.29) is 11.6 Å². The first-order valence-corrected chi connectivity index (χ1v) is 7.31. The molecule has 0 saturated heterocycles. The van der Waals surface area contributed by atoms with Gasteiger partial charge in [0.25, 0.3) is 0 Å². The Kier molecular flexibility index (Phi) is 4.14. The summed E-state index contributed by atoms with van der Waals surface area (Å²) in [6.07, 6.45) is 0.111. The zero-order chi connectivity index (χ0) is 15.8. The van der Waals surface area contributed by atoms with Crippen molar-refractivity contribution >= 4 is 17.0 Å². The van der Waals surface area contributed by atoms with E-state index >= 15 is 0 Å². The van der Waals surface area contributed by atoms with Gasteiger partial charge in [-0.1, -0.05) is 6.07 Å². The Labute approximate surface area is 126 Å². The number of hydrogen-bond donors (Lipinski definition) is 1. The highest BCUT2D eigenvalue weighted by atomic mass is 16.5. The summed E-state index contributed by atoms with van der Waals surface area (Å²) < 4.78 is 7.89. The minimum Gasteiger partial charge on any atom is -0.489 e. The summed E-state index contributed by atoms with van der Waals surface area (Å²) in [5.41, 5.74) is 7.97. The third-order valence-electron chi connectivity index (χ3n) is 3.89. The standard InChI is InChI=1S/C16H26N4O/c1-11(2)21-13-9-7-8-12-14(13)18-15(17)20(12)10-16(3,4)19(5)6/h7-9,11H,10H2,1-6H3,(H2,17,18). The average Bonchev–Trinajstić information content (AvgIpc) is 2.66. The van der Waals surface area contributed by atoms with Gasteiger partial charge in [-0.2, -0.15) is 0 Å². The minimum absolute atomic E-state index is 0.0172. The fourth-order valence-corrected chi connectivity index (χ4v) is 2.18. The molecule has 5 nitrogen and oxygen atoms in total. The molecule has 0 unspecified atom stereocenters. The number of aromatic nitrogens is 2. The first-order chi connectivity index (χ1) is 9.72. The lowest BCUT2D eigenvalue weighted by molar-refractivity contribution is 0.172. The van der Waals surface area contributed by atoms with Crippen LogP contribution in [0, 0.1) is 0 Å². The Morgan fingerprint density at radius 3 is 2.57 bits per heavy atom. The summed E-state index contributed by atoms with van der Waals surface area (Å²) in [5, 5.41) is 0. The predicted octanol–water partition coefficient (Wildman–Crippen LogP) is 2.75. The number of likely N-dealkylation sites (N-methyl/N-ethyl adjacent to an activating group) is 1. The van der Waals surface area contributed by atoms with Gasteiger partial charge >= 0.3 is 0 Å². The third-order valence-corrected chi connectivity index (χ3v) is 3.89. The molecule has 0 atom stereocenters. The zero-order valence-electron chi connectivity index (χ0n) is 13.8. The van der Waals surface area contributed by atoms with Gasteiger partial charge in [-0.15, -0.1) is 0 Å². The molecule has 0 radical (unpaired) electrons. The van der Waals surface area contributed by atoms with E-state index in [0.717, 1.165) is 23.3 Å². The molecule has 2 N–H and O–H groups in total. The number of fused-ring (bicyclic) bond motifs is 1. The van der Waals surface area contributed by atoms with Crippen molar-refractivity contribution in [3.05, 3.63) is 18.2 Å². The number of ether oxygens (including phenoxy) is 1. The highest BCUT2D eigenvalue weighted by molar-refractivity contribution is 5.84. The van der Waals surface area contributed by atoms with E-state index in [1.54, 1.807) is 0 Å². The van der Waals surface area contributed by atoms with Crippen LogP contribution in [0.15, 0.2) is 18.2 Å². The second-order valence-electron chi connectivity index (χ2n) is 6.55. The number of para-hydroxylation sites is 1. The van der Waals surface area contributed by atoms with Crippen LogP contribution < -0.4 is 10.5 Å². The summed E-state index contributed by atoms with van der Waals surface area (Å²) in [5.74, 6) is 1.32. The monoisotopic (exact) mass is 290 g/mol. The molecule has 0 aliphatic carbocycles. The van der Waals surface area contributed by atoms with E-state index in [1.807, 2.05) is 32.0 Å². The van der Waals surface area contributed by atoms with E-state index < -0.39 is 0 Å². The van der Waals surface area contributed by atoms with Crippen molar-refractivity contribution in [2.75, 3.05) is 19.8 Å². The molecule has 116 valence electrons. The largest absolute Gasteiger partial charge is 0.489 e. The lowest BCUT2D eigenvalue weighted by Gasteiger charge is -2.33. The molecule has 1 aromatic carbocycles. The SMILES string of the molecule is CC(C)Oc1cccc2c1nc(N)n2CC(C)(C)N(C)C. The molecule has 2 aromatic rings. The van der Waals surface area contributed by atoms with Crippen molar-refractivity contribution in [1.29, 1.82) is 0 Å². The lowest BCUT2D eigenvalue weighted by Crippen LogP contribution is -2.42. The van der Waals surface area contributed by atoms with E-state index in [9.17, 15) is 0 Å². The van der Waals surface area contributed by atoms with Crippen molar-refractivity contribution in [2.24, 2.45) is 0 Å². The minimum atomic E-state index is -0.0172. The van der Waals surface area contributed by atoms with Crippen LogP contribution in [0.3, 0.4) is 0 Å². The van der Waals surface area contributed by atoms with Crippen molar-refractivity contribution in [2.45, 2.75) is 45.9 Å². The van der Waals surface area contributed by atoms with Gasteiger partial charge in [-0.3, -0.25) is 0 Å². The van der Waals surface area contributed by atoms with Crippen LogP contribution >= 0.6 is 0 Å². The van der Waals surface area contributed by atoms with Crippen LogP contribution in [0.25, 0.3) is 11.0 Å². The molecule has 21 heavy (non-hydrogen) atoms. The molecule has 2 rings (SSSR count). The first kappa shape index (κ1) is 15.6. The topological polar surface area (TPSA) is 56.3 Å². The summed E-state index contributed by atoms with van der Waals surface area (Å²) in [4.78, 5) is 6.69. The highest BCUT2D eigenvalue weighted by Crippen LogP contribution is 2.29. The van der Waals surface area contributed by atoms with Crippen LogP contribution in [0.5, 0.6) is 5.75 Å². The van der Waals surface area contributed by atoms with Gasteiger partial charge < -0.3 is 19.9 Å². The number of nitrogen functional groups attached to an aromatic ring is 1. The number of benzene rings is 1. The van der Waals surface area contributed by atoms with Crippen molar-refractivity contribution in [1.82, 2.24) is 14.5 Å². The fourth-order valence-electron chi connectivity index (χ4n) is 2.18. The molecule has 0 aliphatic rings. The molecule has 5 heteroatoms. The lowest BCUT2D eigenvalue weighted by atomic mass is 10.0. The maximum atomic E-state index is 6.14. The third kappa shape index (κ3) is 3.13. The van der Waals surface area contributed by atoms with Gasteiger partial charge in [0.05, 0.1) is 11.6 Å². The van der Waals surface area contributed by atoms with E-state index in [0.29, 0.717) is 5.95 Å². The number of rotatable bonds is 5. The first-order valence-electron chi connectivity index (χ1n) is 7.31. The molecule has 0 fully saturated rings. The van der Waals surface area contributed by atoms with Gasteiger partial charge in [0.1, 0.15) is 11.3 Å². The summed E-state index contributed by atoms with van der Waals surface area (Å²) in [6.45, 7) is 9.16. The Morgan fingerprint density at radius 2 is 2.00 bits per heavy atom. The van der Waals surface area contributed by atoms with Crippen LogP contribution in [0.1, 0.15) is 27.7 Å². The van der Waals surface area contributed by atoms with Crippen molar-refractivity contribution in [3.8, 4) is 5.75 Å². The predicted molar refractivity (Wildman–Crippen MR) is 87.7 cm³/mol. The number of anilines is 1. The molecule has 0 bridgehead atoms. The Bertz CT molecular complexity index is 628. The normalized spacial score (nSPS) is 12.6. The zero-order valence-corrected chi connectivity index (χ0v) is 13.8. The molecular formula is C16H26N4O. The Morgan fingerprint density at radius 1 is 1.33 bits per heavy atom. The van der Waals surface area contributed by atoms with Crippen LogP contribution in [0.2, 0.25) is 0 Å². The summed E-state index contributed by atoms with van der Waals surface area (Å²) >= 11 is 0. The summed E-state index contributed by atoms with van der Waals surface area (Å²) in [7, 11) is 4.14. The average molecular weight is 290 g/mol. The number of hydrogen-bond acceptors (Lipinski definition) is 4. The smallest absolute Gasteiger partial charge is 0.201 e. The van der Waals surface area contributed by atoms with Crippen LogP contribution in [-0.4, -0.2) is 40.2 Å². The van der Waals surface area contributed by atoms with Gasteiger partial charge in [0, 0.05) is 12.1 Å². The molecule has 0 saturated carbocycles. The summed E-state index contributed by atoms with van der Waals surface area (Å²) in [6, 6.07) is 5.97. The quantitative estimate of drug-likeness (QED) is 0.920. The Balaban J connectivity index is 2.49. The van der Waals surface area contributed by atoms with Crippen molar-refractivity contribution in [3.63, 3.8) is 0 Å². The van der Waals surface area contributed by atoms with E-state index in [2.05, 4.69) is 42.4 Å². The number of nitrogens with zero attached hydrogens (tertiary/aromatic N) is 3.